The fourth-order valence-electron chi connectivity index (χ4n) is 2.94. The summed E-state index contributed by atoms with van der Waals surface area (Å²) in [6.45, 7) is -0.623. The van der Waals surface area contributed by atoms with Crippen molar-refractivity contribution in [1.82, 2.24) is 19.5 Å². The minimum Gasteiger partial charge on any atom is -0.438 e. The lowest BCUT2D eigenvalue weighted by Gasteiger charge is -2.23. The highest BCUT2D eigenvalue weighted by Gasteiger charge is 2.57. The van der Waals surface area contributed by atoms with E-state index >= 15 is 0 Å². The Kier molecular flexibility index (Phi) is 5.64. The average molecular weight is 404 g/mol. The number of nitrogens with zero attached hydrogens (tertiary/aromatic N) is 6. The first-order chi connectivity index (χ1) is 13.8. The molecule has 0 radical (unpaired) electrons. The molecule has 0 spiro atoms. The van der Waals surface area contributed by atoms with Crippen LogP contribution in [-0.4, -0.2) is 87.8 Å². The Labute approximate surface area is 165 Å². The van der Waals surface area contributed by atoms with Crippen LogP contribution in [0.5, 0.6) is 0 Å². The van der Waals surface area contributed by atoms with E-state index in [0.717, 1.165) is 7.11 Å². The number of nitriles is 1. The first-order valence-corrected chi connectivity index (χ1v) is 8.52. The summed E-state index contributed by atoms with van der Waals surface area (Å²) in [4.78, 5) is 21.4. The molecule has 1 saturated heterocycles. The molecule has 0 amide bonds. The number of fused-ring (bicyclic) bond motifs is 1. The van der Waals surface area contributed by atoms with Crippen molar-refractivity contribution in [2.75, 3.05) is 27.8 Å². The number of methoxy groups -OCH3 is 1. The molecule has 1 fully saturated rings. The Morgan fingerprint density at radius 3 is 2.93 bits per heavy atom. The molecule has 1 aliphatic rings. The number of aliphatic hydroxyl groups is 2. The Morgan fingerprint density at radius 2 is 2.28 bits per heavy atom. The van der Waals surface area contributed by atoms with E-state index in [4.69, 9.17) is 9.47 Å². The number of hydrogen-bond donors (Lipinski definition) is 2. The molecule has 2 aromatic rings. The van der Waals surface area contributed by atoms with Crippen LogP contribution in [0.15, 0.2) is 23.5 Å². The van der Waals surface area contributed by atoms with E-state index < -0.39 is 36.7 Å². The summed E-state index contributed by atoms with van der Waals surface area (Å²) in [6, 6.07) is 5.08. The molecule has 12 heteroatoms. The summed E-state index contributed by atoms with van der Waals surface area (Å²) < 4.78 is 16.3. The van der Waals surface area contributed by atoms with Crippen molar-refractivity contribution in [2.24, 2.45) is 4.99 Å². The maximum atomic E-state index is 11.3. The summed E-state index contributed by atoms with van der Waals surface area (Å²) in [5.41, 5.74) is -1.07. The number of rotatable bonds is 5. The van der Waals surface area contributed by atoms with Gasteiger partial charge in [-0.15, -0.1) is 0 Å². The normalized spacial score (nSPS) is 26.6. The molecule has 0 unspecified atom stereocenters. The lowest BCUT2D eigenvalue weighted by Crippen LogP contribution is -2.46. The molecule has 12 nitrogen and oxygen atoms in total. The van der Waals surface area contributed by atoms with Gasteiger partial charge in [0.15, 0.2) is 5.82 Å². The van der Waals surface area contributed by atoms with Gasteiger partial charge in [-0.25, -0.2) is 19.3 Å². The minimum absolute atomic E-state index is 0.366. The number of aromatic nitrogens is 3. The Balaban J connectivity index is 1.95. The van der Waals surface area contributed by atoms with Crippen LogP contribution in [0.3, 0.4) is 0 Å². The molecule has 4 atom stereocenters. The third kappa shape index (κ3) is 3.70. The van der Waals surface area contributed by atoms with Crippen molar-refractivity contribution >= 4 is 23.8 Å². The van der Waals surface area contributed by atoms with E-state index in [9.17, 15) is 20.3 Å². The van der Waals surface area contributed by atoms with Crippen LogP contribution in [0, 0.1) is 11.3 Å². The van der Waals surface area contributed by atoms with E-state index in [0.29, 0.717) is 17.0 Å². The summed E-state index contributed by atoms with van der Waals surface area (Å²) >= 11 is 0. The molecule has 3 rings (SSSR count). The lowest BCUT2D eigenvalue weighted by molar-refractivity contribution is -0.0840. The Bertz CT molecular complexity index is 969. The van der Waals surface area contributed by atoms with Gasteiger partial charge in [-0.05, 0) is 12.1 Å². The molecule has 2 N–H and O–H groups in total. The summed E-state index contributed by atoms with van der Waals surface area (Å²) in [7, 11) is 4.73. The maximum Gasteiger partial charge on any atom is 0.508 e. The topological polar surface area (TPSA) is 155 Å². The molecule has 0 bridgehead atoms. The van der Waals surface area contributed by atoms with E-state index in [-0.39, 0.29) is 0 Å². The molecule has 0 saturated carbocycles. The SMILES string of the molecule is COC(=O)OC[C@@]1(C#N)O[C@@H](c2ccc3c(N=CN(C)C)ncnn23)[C@H](O)[C@@H]1O. The van der Waals surface area contributed by atoms with Gasteiger partial charge in [0.2, 0.25) is 5.60 Å². The Morgan fingerprint density at radius 1 is 1.52 bits per heavy atom. The summed E-state index contributed by atoms with van der Waals surface area (Å²) in [5, 5.41) is 34.7. The molecule has 29 heavy (non-hydrogen) atoms. The highest BCUT2D eigenvalue weighted by molar-refractivity contribution is 5.70. The van der Waals surface area contributed by atoms with Crippen LogP contribution in [-0.2, 0) is 14.2 Å². The number of ether oxygens (including phenoxy) is 3. The summed E-state index contributed by atoms with van der Waals surface area (Å²) in [5.74, 6) is 0.383. The number of aliphatic imine (C=N–C) groups is 1. The second kappa shape index (κ2) is 8.00. The predicted molar refractivity (Wildman–Crippen MR) is 97.4 cm³/mol. The zero-order valence-corrected chi connectivity index (χ0v) is 16.0. The highest BCUT2D eigenvalue weighted by Crippen LogP contribution is 2.41. The fourth-order valence-corrected chi connectivity index (χ4v) is 2.94. The largest absolute Gasteiger partial charge is 0.508 e. The number of hydrogen-bond acceptors (Lipinski definition) is 10. The van der Waals surface area contributed by atoms with Gasteiger partial charge in [0.1, 0.15) is 42.8 Å². The van der Waals surface area contributed by atoms with Crippen molar-refractivity contribution in [2.45, 2.75) is 23.9 Å². The van der Waals surface area contributed by atoms with Crippen LogP contribution < -0.4 is 0 Å². The van der Waals surface area contributed by atoms with Crippen LogP contribution in [0.2, 0.25) is 0 Å². The van der Waals surface area contributed by atoms with Crippen molar-refractivity contribution < 1.29 is 29.2 Å². The maximum absolute atomic E-state index is 11.3. The van der Waals surface area contributed by atoms with Crippen LogP contribution >= 0.6 is 0 Å². The van der Waals surface area contributed by atoms with Gasteiger partial charge in [-0.3, -0.25) is 0 Å². The third-order valence-corrected chi connectivity index (χ3v) is 4.37. The molecule has 154 valence electrons. The van der Waals surface area contributed by atoms with Crippen LogP contribution in [0.4, 0.5) is 10.6 Å². The van der Waals surface area contributed by atoms with E-state index in [2.05, 4.69) is 19.8 Å². The smallest absolute Gasteiger partial charge is 0.438 e. The van der Waals surface area contributed by atoms with Crippen molar-refractivity contribution in [3.8, 4) is 6.07 Å². The summed E-state index contributed by atoms with van der Waals surface area (Å²) in [6.07, 6.45) is -2.41. The van der Waals surface area contributed by atoms with Gasteiger partial charge >= 0.3 is 6.16 Å². The quantitative estimate of drug-likeness (QED) is 0.388. The van der Waals surface area contributed by atoms with E-state index in [1.807, 2.05) is 14.1 Å². The lowest BCUT2D eigenvalue weighted by atomic mass is 9.96. The van der Waals surface area contributed by atoms with E-state index in [1.54, 1.807) is 29.4 Å². The second-order valence-electron chi connectivity index (χ2n) is 6.57. The standard InChI is InChI=1S/C17H20N6O6/c1-22(2)9-20-15-11-5-4-10(23(11)21-8-19-15)13-12(24)14(25)17(6-18,29-13)7-28-16(26)27-3/h4-5,8-9,12-14,24-25H,7H2,1-3H3/t12-,13-,14-,17+/m0/s1. The third-order valence-electron chi connectivity index (χ3n) is 4.37. The van der Waals surface area contributed by atoms with Gasteiger partial charge in [0, 0.05) is 14.1 Å². The van der Waals surface area contributed by atoms with Crippen LogP contribution in [0.1, 0.15) is 11.8 Å². The molecular weight excluding hydrogens is 384 g/mol. The molecule has 3 heterocycles. The number of aliphatic hydroxyl groups excluding tert-OH is 2. The fraction of sp³-hybridized carbons (Fsp3) is 0.471. The zero-order valence-electron chi connectivity index (χ0n) is 16.0. The molecule has 0 aromatic carbocycles. The van der Waals surface area contributed by atoms with Gasteiger partial charge in [0.25, 0.3) is 0 Å². The molecule has 2 aromatic heterocycles. The monoisotopic (exact) mass is 404 g/mol. The Hall–Kier alpha value is -3.27. The van der Waals surface area contributed by atoms with E-state index in [1.165, 1.54) is 10.8 Å². The minimum atomic E-state index is -1.97. The average Bonchev–Trinajstić information content (AvgIpc) is 3.25. The van der Waals surface area contributed by atoms with Crippen molar-refractivity contribution in [3.63, 3.8) is 0 Å². The van der Waals surface area contributed by atoms with Crippen molar-refractivity contribution in [1.29, 1.82) is 5.26 Å². The zero-order chi connectivity index (χ0) is 21.2. The first-order valence-electron chi connectivity index (χ1n) is 8.52. The van der Waals surface area contributed by atoms with Crippen LogP contribution in [0.25, 0.3) is 5.52 Å². The number of carbonyl (C=O) groups excluding carboxylic acids is 1. The second-order valence-corrected chi connectivity index (χ2v) is 6.57. The molecule has 0 aliphatic carbocycles. The first kappa shape index (κ1) is 20.5. The number of carbonyl (C=O) groups is 1. The van der Waals surface area contributed by atoms with Gasteiger partial charge < -0.3 is 29.3 Å². The van der Waals surface area contributed by atoms with Crippen molar-refractivity contribution in [3.05, 3.63) is 24.2 Å². The van der Waals surface area contributed by atoms with Gasteiger partial charge in [0.05, 0.1) is 19.1 Å². The molecular formula is C17H20N6O6. The van der Waals surface area contributed by atoms with Gasteiger partial charge in [-0.1, -0.05) is 0 Å². The van der Waals surface area contributed by atoms with Gasteiger partial charge in [-0.2, -0.15) is 10.4 Å². The highest BCUT2D eigenvalue weighted by atomic mass is 16.7. The predicted octanol–water partition coefficient (Wildman–Crippen LogP) is -0.211. The molecule has 1 aliphatic heterocycles.